The largest absolute Gasteiger partial charge is 0.479 e. The molecule has 35 heavy (non-hydrogen) atoms. The summed E-state index contributed by atoms with van der Waals surface area (Å²) < 4.78 is 5.66. The highest BCUT2D eigenvalue weighted by atomic mass is 16.5. The van der Waals surface area contributed by atoms with Crippen LogP contribution in [0.5, 0.6) is 0 Å². The number of likely N-dealkylation sites (tertiary alicyclic amines) is 1. The molecule has 0 bridgehead atoms. The molecule has 2 aromatic carbocycles. The number of hydrogen-bond donors (Lipinski definition) is 2. The molecule has 2 amide bonds. The fraction of sp³-hybridized carbons (Fsp3) is 0.464. The van der Waals surface area contributed by atoms with Gasteiger partial charge in [-0.25, -0.2) is 9.59 Å². The second-order valence-corrected chi connectivity index (χ2v) is 10.4. The highest BCUT2D eigenvalue weighted by Crippen LogP contribution is 2.55. The quantitative estimate of drug-likeness (QED) is 0.679. The van der Waals surface area contributed by atoms with Crippen LogP contribution < -0.4 is 5.32 Å². The van der Waals surface area contributed by atoms with Gasteiger partial charge in [0, 0.05) is 24.4 Å². The van der Waals surface area contributed by atoms with Crippen LogP contribution in [0.25, 0.3) is 11.1 Å². The molecule has 7 nitrogen and oxygen atoms in total. The summed E-state index contributed by atoms with van der Waals surface area (Å²) in [6, 6.07) is 16.3. The second kappa shape index (κ2) is 8.40. The molecule has 1 heterocycles. The SMILES string of the molecule is O=C(N[C@H]1CC[C@@H](C(=O)N2CCCC3CC32C(=O)O)C1)OCC1c2ccccc2-c2ccccc21. The molecule has 0 spiro atoms. The standard InChI is InChI=1S/C28H30N2O5/c31-25(30-13-5-6-18-15-28(18,30)26(32)33)17-11-12-19(14-17)29-27(34)35-16-24-22-9-3-1-7-20(22)21-8-2-4-10-23(21)24/h1-4,7-10,17-19,24H,5-6,11-16H2,(H,29,34)(H,32,33)/t17-,18?,19+,28?/m1/s1. The van der Waals surface area contributed by atoms with Crippen molar-refractivity contribution in [1.82, 2.24) is 10.2 Å². The minimum Gasteiger partial charge on any atom is -0.479 e. The normalized spacial score (nSPS) is 28.6. The molecule has 2 saturated carbocycles. The Hall–Kier alpha value is -3.35. The van der Waals surface area contributed by atoms with E-state index in [-0.39, 0.29) is 36.3 Å². The number of carbonyl (C=O) groups is 3. The van der Waals surface area contributed by atoms with Gasteiger partial charge in [-0.3, -0.25) is 4.79 Å². The van der Waals surface area contributed by atoms with Crippen LogP contribution in [-0.2, 0) is 14.3 Å². The zero-order valence-electron chi connectivity index (χ0n) is 19.6. The van der Waals surface area contributed by atoms with Crippen LogP contribution in [0.15, 0.2) is 48.5 Å². The first-order valence-electron chi connectivity index (χ1n) is 12.7. The fourth-order valence-corrected chi connectivity index (χ4v) is 6.73. The Bertz CT molecular complexity index is 1150. The number of ether oxygens (including phenoxy) is 1. The number of rotatable bonds is 5. The van der Waals surface area contributed by atoms with Crippen molar-refractivity contribution in [3.63, 3.8) is 0 Å². The third kappa shape index (κ3) is 3.60. The van der Waals surface area contributed by atoms with Crippen LogP contribution in [0.3, 0.4) is 0 Å². The van der Waals surface area contributed by atoms with Gasteiger partial charge in [-0.2, -0.15) is 0 Å². The van der Waals surface area contributed by atoms with E-state index in [4.69, 9.17) is 4.74 Å². The summed E-state index contributed by atoms with van der Waals surface area (Å²) in [5.74, 6) is -1.09. The van der Waals surface area contributed by atoms with Crippen LogP contribution in [0, 0.1) is 11.8 Å². The number of aliphatic carboxylic acids is 1. The molecule has 2 aromatic rings. The van der Waals surface area contributed by atoms with Gasteiger partial charge >= 0.3 is 12.1 Å². The van der Waals surface area contributed by atoms with Crippen LogP contribution in [0.2, 0.25) is 0 Å². The number of carbonyl (C=O) groups excluding carboxylic acids is 2. The van der Waals surface area contributed by atoms with Crippen LogP contribution in [0.4, 0.5) is 4.79 Å². The smallest absolute Gasteiger partial charge is 0.407 e. The number of hydrogen-bond acceptors (Lipinski definition) is 4. The molecular weight excluding hydrogens is 444 g/mol. The second-order valence-electron chi connectivity index (χ2n) is 10.4. The van der Waals surface area contributed by atoms with E-state index >= 15 is 0 Å². The van der Waals surface area contributed by atoms with E-state index in [2.05, 4.69) is 29.6 Å². The molecular formula is C28H30N2O5. The summed E-state index contributed by atoms with van der Waals surface area (Å²) in [6.07, 6.45) is 3.73. The Morgan fingerprint density at radius 3 is 2.37 bits per heavy atom. The lowest BCUT2D eigenvalue weighted by Gasteiger charge is -2.35. The summed E-state index contributed by atoms with van der Waals surface area (Å²) in [4.78, 5) is 39.4. The van der Waals surface area contributed by atoms with Gasteiger partial charge in [0.15, 0.2) is 0 Å². The van der Waals surface area contributed by atoms with Crippen LogP contribution >= 0.6 is 0 Å². The predicted octanol–water partition coefficient (Wildman–Crippen LogP) is 4.16. The zero-order valence-corrected chi connectivity index (χ0v) is 19.6. The minimum atomic E-state index is -0.979. The van der Waals surface area contributed by atoms with Crippen LogP contribution in [-0.4, -0.2) is 52.7 Å². The molecule has 182 valence electrons. The summed E-state index contributed by atoms with van der Waals surface area (Å²) in [6.45, 7) is 0.772. The molecule has 1 aliphatic heterocycles. The van der Waals surface area contributed by atoms with Gasteiger partial charge in [0.2, 0.25) is 5.91 Å². The van der Waals surface area contributed by atoms with Gasteiger partial charge in [0.25, 0.3) is 0 Å². The number of nitrogens with zero attached hydrogens (tertiary/aromatic N) is 1. The average Bonchev–Trinajstić information content (AvgIpc) is 3.33. The highest BCUT2D eigenvalue weighted by molar-refractivity contribution is 5.91. The Balaban J connectivity index is 1.05. The van der Waals surface area contributed by atoms with Gasteiger partial charge in [-0.15, -0.1) is 0 Å². The highest BCUT2D eigenvalue weighted by Gasteiger charge is 2.67. The van der Waals surface area contributed by atoms with Crippen molar-refractivity contribution in [2.45, 2.75) is 56.0 Å². The van der Waals surface area contributed by atoms with Gasteiger partial charge < -0.3 is 20.1 Å². The molecule has 2 N–H and O–H groups in total. The molecule has 7 heteroatoms. The number of carboxylic acid groups (broad SMARTS) is 1. The van der Waals surface area contributed by atoms with E-state index in [0.29, 0.717) is 32.2 Å². The Kier molecular flexibility index (Phi) is 5.31. The lowest BCUT2D eigenvalue weighted by atomic mass is 9.98. The van der Waals surface area contributed by atoms with Gasteiger partial charge in [0.05, 0.1) is 0 Å². The maximum atomic E-state index is 13.2. The van der Waals surface area contributed by atoms with E-state index < -0.39 is 17.6 Å². The fourth-order valence-electron chi connectivity index (χ4n) is 6.73. The first-order valence-corrected chi connectivity index (χ1v) is 12.7. The van der Waals surface area contributed by atoms with Crippen molar-refractivity contribution >= 4 is 18.0 Å². The zero-order chi connectivity index (χ0) is 24.2. The van der Waals surface area contributed by atoms with Gasteiger partial charge in [0.1, 0.15) is 12.1 Å². The number of piperidine rings is 1. The van der Waals surface area contributed by atoms with E-state index in [0.717, 1.165) is 12.8 Å². The molecule has 4 aliphatic rings. The summed E-state index contributed by atoms with van der Waals surface area (Å²) in [5, 5.41) is 12.7. The van der Waals surface area contributed by atoms with Crippen molar-refractivity contribution in [2.75, 3.05) is 13.2 Å². The lowest BCUT2D eigenvalue weighted by Crippen LogP contribution is -2.53. The maximum absolute atomic E-state index is 13.2. The van der Waals surface area contributed by atoms with Gasteiger partial charge in [-0.1, -0.05) is 48.5 Å². The third-order valence-electron chi connectivity index (χ3n) is 8.57. The van der Waals surface area contributed by atoms with E-state index in [9.17, 15) is 19.5 Å². The Morgan fingerprint density at radius 2 is 1.69 bits per heavy atom. The third-order valence-corrected chi connectivity index (χ3v) is 8.57. The monoisotopic (exact) mass is 474 g/mol. The first-order chi connectivity index (χ1) is 17.0. The Morgan fingerprint density at radius 1 is 1.00 bits per heavy atom. The molecule has 1 saturated heterocycles. The van der Waals surface area contributed by atoms with E-state index in [1.807, 2.05) is 24.3 Å². The minimum absolute atomic E-state index is 0.00357. The average molecular weight is 475 g/mol. The summed E-state index contributed by atoms with van der Waals surface area (Å²) in [7, 11) is 0. The van der Waals surface area contributed by atoms with Crippen molar-refractivity contribution < 1.29 is 24.2 Å². The number of carboxylic acids is 1. The van der Waals surface area contributed by atoms with Gasteiger partial charge in [-0.05, 0) is 66.7 Å². The molecule has 2 unspecified atom stereocenters. The Labute approximate surface area is 204 Å². The number of nitrogens with one attached hydrogen (secondary N) is 1. The molecule has 0 radical (unpaired) electrons. The number of benzene rings is 2. The van der Waals surface area contributed by atoms with Crippen molar-refractivity contribution in [2.24, 2.45) is 11.8 Å². The molecule has 0 aromatic heterocycles. The molecule has 4 atom stereocenters. The van der Waals surface area contributed by atoms with Crippen molar-refractivity contribution in [3.8, 4) is 11.1 Å². The molecule has 6 rings (SSSR count). The van der Waals surface area contributed by atoms with Crippen molar-refractivity contribution in [3.05, 3.63) is 59.7 Å². The van der Waals surface area contributed by atoms with Crippen molar-refractivity contribution in [1.29, 1.82) is 0 Å². The number of fused-ring (bicyclic) bond motifs is 4. The number of alkyl carbamates (subject to hydrolysis) is 1. The first kappa shape index (κ1) is 22.1. The van der Waals surface area contributed by atoms with E-state index in [1.54, 1.807) is 4.90 Å². The number of amides is 2. The molecule has 3 fully saturated rings. The van der Waals surface area contributed by atoms with Crippen LogP contribution in [0.1, 0.15) is 55.6 Å². The maximum Gasteiger partial charge on any atom is 0.407 e. The topological polar surface area (TPSA) is 95.9 Å². The molecule has 3 aliphatic carbocycles. The lowest BCUT2D eigenvalue weighted by molar-refractivity contribution is -0.156. The predicted molar refractivity (Wildman–Crippen MR) is 129 cm³/mol. The summed E-state index contributed by atoms with van der Waals surface area (Å²) in [5.41, 5.74) is 3.72. The summed E-state index contributed by atoms with van der Waals surface area (Å²) >= 11 is 0. The van der Waals surface area contributed by atoms with E-state index in [1.165, 1.54) is 22.3 Å².